The average Bonchev–Trinajstić information content (AvgIpc) is 2.76. The van der Waals surface area contributed by atoms with Crippen LogP contribution < -0.4 is 15.4 Å². The van der Waals surface area contributed by atoms with Gasteiger partial charge in [0.15, 0.2) is 0 Å². The van der Waals surface area contributed by atoms with E-state index in [9.17, 15) is 13.2 Å². The molecule has 9 heteroatoms. The molecular formula is C11H15ClN4O3S. The molecule has 1 aromatic rings. The maximum Gasteiger partial charge on any atom is 0.242 e. The van der Waals surface area contributed by atoms with E-state index < -0.39 is 16.1 Å². The fourth-order valence-corrected chi connectivity index (χ4v) is 3.34. The molecule has 20 heavy (non-hydrogen) atoms. The Balaban J connectivity index is 2.17. The van der Waals surface area contributed by atoms with Gasteiger partial charge in [-0.05, 0) is 13.0 Å². The van der Waals surface area contributed by atoms with Gasteiger partial charge in [-0.3, -0.25) is 4.79 Å². The number of carbonyl (C=O) groups is 1. The number of pyridine rings is 1. The second-order valence-electron chi connectivity index (χ2n) is 4.36. The van der Waals surface area contributed by atoms with E-state index in [1.807, 2.05) is 6.92 Å². The Bertz CT molecular complexity index is 620. The summed E-state index contributed by atoms with van der Waals surface area (Å²) in [7, 11) is -3.74. The normalized spacial score (nSPS) is 18.9. The van der Waals surface area contributed by atoms with Gasteiger partial charge in [0.05, 0.1) is 5.02 Å². The molecular weight excluding hydrogens is 304 g/mol. The highest BCUT2D eigenvalue weighted by Crippen LogP contribution is 2.22. The fraction of sp³-hybridized carbons (Fsp3) is 0.455. The number of amides is 1. The molecule has 1 saturated heterocycles. The highest BCUT2D eigenvalue weighted by molar-refractivity contribution is 7.89. The Morgan fingerprint density at radius 2 is 2.30 bits per heavy atom. The first-order valence-corrected chi connectivity index (χ1v) is 7.97. The summed E-state index contributed by atoms with van der Waals surface area (Å²) in [5.74, 6) is 0.266. The summed E-state index contributed by atoms with van der Waals surface area (Å²) in [6.07, 6.45) is 1.37. The molecule has 3 N–H and O–H groups in total. The third-order valence-electron chi connectivity index (χ3n) is 2.77. The largest absolute Gasteiger partial charge is 0.369 e. The molecule has 2 rings (SSSR count). The van der Waals surface area contributed by atoms with Gasteiger partial charge in [-0.2, -0.15) is 0 Å². The second kappa shape index (κ2) is 5.94. The second-order valence-corrected chi connectivity index (χ2v) is 6.48. The fourth-order valence-electron chi connectivity index (χ4n) is 1.84. The van der Waals surface area contributed by atoms with Crippen LogP contribution in [0.5, 0.6) is 0 Å². The Kier molecular flexibility index (Phi) is 4.46. The standard InChI is InChI=1S/C11H15ClN4O3S/c1-2-13-11-9(12)4-8(6-15-11)20(18,19)16-7-3-10(17)14-5-7/h4,6-7,16H,2-3,5H2,1H3,(H,13,15)(H,14,17). The monoisotopic (exact) mass is 318 g/mol. The van der Waals surface area contributed by atoms with Crippen LogP contribution >= 0.6 is 11.6 Å². The number of anilines is 1. The van der Waals surface area contributed by atoms with Crippen molar-refractivity contribution in [3.05, 3.63) is 17.3 Å². The molecule has 1 atom stereocenters. The smallest absolute Gasteiger partial charge is 0.242 e. The molecule has 1 fully saturated rings. The number of halogens is 1. The van der Waals surface area contributed by atoms with Crippen molar-refractivity contribution >= 4 is 33.3 Å². The molecule has 1 aromatic heterocycles. The average molecular weight is 319 g/mol. The van der Waals surface area contributed by atoms with Crippen molar-refractivity contribution in [2.75, 3.05) is 18.4 Å². The van der Waals surface area contributed by atoms with Crippen molar-refractivity contribution in [1.82, 2.24) is 15.0 Å². The summed E-state index contributed by atoms with van der Waals surface area (Å²) < 4.78 is 26.7. The molecule has 0 bridgehead atoms. The van der Waals surface area contributed by atoms with Crippen molar-refractivity contribution in [3.8, 4) is 0 Å². The zero-order valence-corrected chi connectivity index (χ0v) is 12.4. The van der Waals surface area contributed by atoms with Gasteiger partial charge >= 0.3 is 0 Å². The minimum absolute atomic E-state index is 0.0245. The zero-order valence-electron chi connectivity index (χ0n) is 10.8. The summed E-state index contributed by atoms with van der Waals surface area (Å²) >= 11 is 5.97. The first-order valence-electron chi connectivity index (χ1n) is 6.11. The Morgan fingerprint density at radius 3 is 2.85 bits per heavy atom. The Labute approximate surface area is 122 Å². The predicted octanol–water partition coefficient (Wildman–Crippen LogP) is 0.334. The van der Waals surface area contributed by atoms with Crippen molar-refractivity contribution in [2.24, 2.45) is 0 Å². The number of hydrogen-bond acceptors (Lipinski definition) is 5. The minimum Gasteiger partial charge on any atom is -0.369 e. The highest BCUT2D eigenvalue weighted by Gasteiger charge is 2.27. The third kappa shape index (κ3) is 3.38. The van der Waals surface area contributed by atoms with Gasteiger partial charge < -0.3 is 10.6 Å². The van der Waals surface area contributed by atoms with Crippen molar-refractivity contribution in [2.45, 2.75) is 24.3 Å². The number of nitrogens with one attached hydrogen (secondary N) is 3. The van der Waals surface area contributed by atoms with Crippen LogP contribution in [0.15, 0.2) is 17.2 Å². The number of carbonyl (C=O) groups excluding carboxylic acids is 1. The predicted molar refractivity (Wildman–Crippen MR) is 75.1 cm³/mol. The van der Waals surface area contributed by atoms with Crippen LogP contribution in [0.4, 0.5) is 5.82 Å². The van der Waals surface area contributed by atoms with Gasteiger partial charge in [0.2, 0.25) is 15.9 Å². The maximum atomic E-state index is 12.1. The summed E-state index contributed by atoms with van der Waals surface area (Å²) in [6.45, 7) is 2.80. The van der Waals surface area contributed by atoms with Gasteiger partial charge in [0, 0.05) is 31.7 Å². The Morgan fingerprint density at radius 1 is 1.55 bits per heavy atom. The van der Waals surface area contributed by atoms with Gasteiger partial charge in [0.25, 0.3) is 0 Å². The molecule has 0 spiro atoms. The Hall–Kier alpha value is -1.38. The highest BCUT2D eigenvalue weighted by atomic mass is 35.5. The van der Waals surface area contributed by atoms with Crippen LogP contribution in [0.25, 0.3) is 0 Å². The number of rotatable bonds is 5. The third-order valence-corrected chi connectivity index (χ3v) is 4.55. The van der Waals surface area contributed by atoms with Crippen LogP contribution in [0.1, 0.15) is 13.3 Å². The van der Waals surface area contributed by atoms with Crippen molar-refractivity contribution in [1.29, 1.82) is 0 Å². The molecule has 2 heterocycles. The molecule has 1 amide bonds. The van der Waals surface area contributed by atoms with Gasteiger partial charge in [-0.1, -0.05) is 11.6 Å². The quantitative estimate of drug-likeness (QED) is 0.726. The summed E-state index contributed by atoms with van der Waals surface area (Å²) in [5, 5.41) is 5.72. The van der Waals surface area contributed by atoms with E-state index in [4.69, 9.17) is 11.6 Å². The van der Waals surface area contributed by atoms with E-state index in [0.29, 0.717) is 12.4 Å². The maximum absolute atomic E-state index is 12.1. The van der Waals surface area contributed by atoms with E-state index >= 15 is 0 Å². The zero-order chi connectivity index (χ0) is 14.8. The van der Waals surface area contributed by atoms with E-state index in [2.05, 4.69) is 20.3 Å². The van der Waals surface area contributed by atoms with E-state index in [1.165, 1.54) is 12.3 Å². The molecule has 0 aromatic carbocycles. The number of sulfonamides is 1. The van der Waals surface area contributed by atoms with Crippen LogP contribution in [0.3, 0.4) is 0 Å². The summed E-state index contributed by atoms with van der Waals surface area (Å²) in [6, 6.07) is 0.888. The lowest BCUT2D eigenvalue weighted by molar-refractivity contribution is -0.119. The SMILES string of the molecule is CCNc1ncc(S(=O)(=O)NC2CNC(=O)C2)cc1Cl. The molecule has 0 radical (unpaired) electrons. The topological polar surface area (TPSA) is 100 Å². The molecule has 0 aliphatic carbocycles. The lowest BCUT2D eigenvalue weighted by atomic mass is 10.3. The van der Waals surface area contributed by atoms with E-state index in [-0.39, 0.29) is 28.8 Å². The van der Waals surface area contributed by atoms with Crippen LogP contribution in [0.2, 0.25) is 5.02 Å². The van der Waals surface area contributed by atoms with E-state index in [1.54, 1.807) is 0 Å². The van der Waals surface area contributed by atoms with Crippen LogP contribution in [0, 0.1) is 0 Å². The first kappa shape index (κ1) is 15.0. The molecule has 110 valence electrons. The molecule has 1 aliphatic rings. The lowest BCUT2D eigenvalue weighted by Gasteiger charge is -2.12. The van der Waals surface area contributed by atoms with Crippen molar-refractivity contribution in [3.63, 3.8) is 0 Å². The number of aromatic nitrogens is 1. The first-order chi connectivity index (χ1) is 9.42. The summed E-state index contributed by atoms with van der Waals surface area (Å²) in [4.78, 5) is 15.0. The number of nitrogens with zero attached hydrogens (tertiary/aromatic N) is 1. The lowest BCUT2D eigenvalue weighted by Crippen LogP contribution is -2.36. The molecule has 7 nitrogen and oxygen atoms in total. The minimum atomic E-state index is -3.74. The molecule has 0 saturated carbocycles. The van der Waals surface area contributed by atoms with E-state index in [0.717, 1.165) is 0 Å². The number of hydrogen-bond donors (Lipinski definition) is 3. The molecule has 1 unspecified atom stereocenters. The molecule has 1 aliphatic heterocycles. The van der Waals surface area contributed by atoms with Gasteiger partial charge in [-0.15, -0.1) is 0 Å². The van der Waals surface area contributed by atoms with Gasteiger partial charge in [-0.25, -0.2) is 18.1 Å². The van der Waals surface area contributed by atoms with Crippen LogP contribution in [-0.4, -0.2) is 38.4 Å². The van der Waals surface area contributed by atoms with Crippen molar-refractivity contribution < 1.29 is 13.2 Å². The van der Waals surface area contributed by atoms with Gasteiger partial charge in [0.1, 0.15) is 10.7 Å². The summed E-state index contributed by atoms with van der Waals surface area (Å²) in [5.41, 5.74) is 0. The van der Waals surface area contributed by atoms with Crippen LogP contribution in [-0.2, 0) is 14.8 Å².